The molecule has 0 saturated heterocycles. The third kappa shape index (κ3) is 3.93. The molecular weight excluding hydrogens is 413 g/mol. The van der Waals surface area contributed by atoms with E-state index in [1.54, 1.807) is 41.8 Å². The van der Waals surface area contributed by atoms with E-state index in [1.165, 1.54) is 16.8 Å². The number of carbonyl (C=O) groups is 1. The van der Waals surface area contributed by atoms with E-state index in [2.05, 4.69) is 15.4 Å². The molecular formula is C23H22FN5O3. The summed E-state index contributed by atoms with van der Waals surface area (Å²) in [5.41, 5.74) is 2.43. The average molecular weight is 435 g/mol. The summed E-state index contributed by atoms with van der Waals surface area (Å²) in [7, 11) is 0. The van der Waals surface area contributed by atoms with E-state index in [-0.39, 0.29) is 23.5 Å². The molecule has 32 heavy (non-hydrogen) atoms. The maximum Gasteiger partial charge on any atom is 0.346 e. The van der Waals surface area contributed by atoms with Crippen LogP contribution in [0.2, 0.25) is 0 Å². The van der Waals surface area contributed by atoms with Crippen LogP contribution < -0.4 is 11.0 Å². The minimum atomic E-state index is -0.314. The maximum atomic E-state index is 13.1. The molecule has 164 valence electrons. The van der Waals surface area contributed by atoms with Crippen molar-refractivity contribution in [2.24, 2.45) is 0 Å². The van der Waals surface area contributed by atoms with Gasteiger partial charge in [-0.1, -0.05) is 12.1 Å². The van der Waals surface area contributed by atoms with Crippen molar-refractivity contribution in [1.29, 1.82) is 0 Å². The van der Waals surface area contributed by atoms with Crippen LogP contribution >= 0.6 is 0 Å². The number of oxazole rings is 1. The second kappa shape index (κ2) is 8.07. The Morgan fingerprint density at radius 1 is 1.22 bits per heavy atom. The highest BCUT2D eigenvalue weighted by Gasteiger charge is 2.23. The number of aryl methyl sites for hydroxylation is 2. The van der Waals surface area contributed by atoms with Gasteiger partial charge >= 0.3 is 5.69 Å². The summed E-state index contributed by atoms with van der Waals surface area (Å²) in [6, 6.07) is 11.2. The normalized spacial score (nSPS) is 16.0. The number of hydrogen-bond donors (Lipinski definition) is 1. The molecule has 2 aromatic heterocycles. The van der Waals surface area contributed by atoms with Gasteiger partial charge in [0.1, 0.15) is 17.2 Å². The molecule has 1 aliphatic rings. The monoisotopic (exact) mass is 435 g/mol. The molecule has 4 aromatic rings. The number of carbonyl (C=O) groups excluding carboxylic acids is 1. The number of nitrogens with zero attached hydrogens (tertiary/aromatic N) is 4. The first kappa shape index (κ1) is 20.2. The minimum Gasteiger partial charge on any atom is -0.441 e. The van der Waals surface area contributed by atoms with Crippen LogP contribution in [0.3, 0.4) is 0 Å². The van der Waals surface area contributed by atoms with Crippen LogP contribution in [0.5, 0.6) is 0 Å². The van der Waals surface area contributed by atoms with Crippen molar-refractivity contribution in [2.45, 2.75) is 45.3 Å². The fraction of sp³-hybridized carbons (Fsp3) is 0.304. The lowest BCUT2D eigenvalue weighted by Gasteiger charge is -2.16. The second-order valence-electron chi connectivity index (χ2n) is 8.05. The van der Waals surface area contributed by atoms with Crippen LogP contribution in [0.4, 0.5) is 4.39 Å². The van der Waals surface area contributed by atoms with Crippen molar-refractivity contribution in [1.82, 2.24) is 24.6 Å². The minimum absolute atomic E-state index is 0.0682. The second-order valence-corrected chi connectivity index (χ2v) is 8.05. The van der Waals surface area contributed by atoms with Gasteiger partial charge in [-0.05, 0) is 48.7 Å². The maximum absolute atomic E-state index is 13.1. The fourth-order valence-electron chi connectivity index (χ4n) is 4.09. The van der Waals surface area contributed by atoms with Gasteiger partial charge in [0.2, 0.25) is 0 Å². The summed E-state index contributed by atoms with van der Waals surface area (Å²) in [4.78, 5) is 29.8. The van der Waals surface area contributed by atoms with E-state index in [9.17, 15) is 14.0 Å². The Labute approximate surface area is 182 Å². The number of nitrogens with one attached hydrogen (secondary N) is 1. The highest BCUT2D eigenvalue weighted by atomic mass is 19.1. The average Bonchev–Trinajstić information content (AvgIpc) is 3.21. The number of halogens is 1. The zero-order valence-electron chi connectivity index (χ0n) is 17.5. The summed E-state index contributed by atoms with van der Waals surface area (Å²) < 4.78 is 21.7. The Morgan fingerprint density at radius 3 is 2.84 bits per heavy atom. The third-order valence-electron chi connectivity index (χ3n) is 5.76. The van der Waals surface area contributed by atoms with Crippen molar-refractivity contribution < 1.29 is 13.6 Å². The van der Waals surface area contributed by atoms with Crippen LogP contribution in [-0.4, -0.2) is 31.3 Å². The molecule has 1 unspecified atom stereocenters. The molecule has 1 amide bonds. The summed E-state index contributed by atoms with van der Waals surface area (Å²) in [6.45, 7) is 2.54. The smallest absolute Gasteiger partial charge is 0.346 e. The fourth-order valence-corrected chi connectivity index (χ4v) is 4.09. The van der Waals surface area contributed by atoms with Gasteiger partial charge in [-0.2, -0.15) is 5.10 Å². The highest BCUT2D eigenvalue weighted by Crippen LogP contribution is 2.18. The molecule has 0 radical (unpaired) electrons. The first-order valence-corrected chi connectivity index (χ1v) is 10.6. The first-order chi connectivity index (χ1) is 15.5. The van der Waals surface area contributed by atoms with Gasteiger partial charge < -0.3 is 9.73 Å². The van der Waals surface area contributed by atoms with Crippen molar-refractivity contribution in [3.63, 3.8) is 0 Å². The van der Waals surface area contributed by atoms with Crippen molar-refractivity contribution in [3.05, 3.63) is 81.6 Å². The molecule has 5 rings (SSSR count). The van der Waals surface area contributed by atoms with E-state index in [0.717, 1.165) is 11.1 Å². The van der Waals surface area contributed by atoms with Crippen LogP contribution in [-0.2, 0) is 19.5 Å². The number of hydrogen-bond acceptors (Lipinski definition) is 5. The summed E-state index contributed by atoms with van der Waals surface area (Å²) in [5, 5.41) is 7.54. The molecule has 9 heteroatoms. The number of amides is 1. The molecule has 0 spiro atoms. The number of benzene rings is 2. The van der Waals surface area contributed by atoms with Crippen LogP contribution in [0.25, 0.3) is 11.1 Å². The van der Waals surface area contributed by atoms with Gasteiger partial charge in [0.25, 0.3) is 5.91 Å². The van der Waals surface area contributed by atoms with E-state index >= 15 is 0 Å². The Bertz CT molecular complexity index is 1350. The zero-order chi connectivity index (χ0) is 22.2. The lowest BCUT2D eigenvalue weighted by molar-refractivity contribution is 0.0933. The lowest BCUT2D eigenvalue weighted by atomic mass is 10.1. The largest absolute Gasteiger partial charge is 0.441 e. The Morgan fingerprint density at radius 2 is 2.03 bits per heavy atom. The van der Waals surface area contributed by atoms with Gasteiger partial charge in [-0.3, -0.25) is 9.36 Å². The Kier molecular flexibility index (Phi) is 5.08. The van der Waals surface area contributed by atoms with E-state index in [4.69, 9.17) is 4.42 Å². The molecule has 0 saturated carbocycles. The SMILES string of the molecule is Cc1nc2ccc(C(=O)NC3CCc4nn(Cc5ccc(F)cc5)c(=O)n4CC3)cc2o1. The zero-order valence-corrected chi connectivity index (χ0v) is 17.5. The Balaban J connectivity index is 1.26. The predicted molar refractivity (Wildman–Crippen MR) is 115 cm³/mol. The third-order valence-corrected chi connectivity index (χ3v) is 5.76. The predicted octanol–water partition coefficient (Wildman–Crippen LogP) is 2.82. The van der Waals surface area contributed by atoms with E-state index < -0.39 is 0 Å². The lowest BCUT2D eigenvalue weighted by Crippen LogP contribution is -2.35. The molecule has 8 nitrogen and oxygen atoms in total. The van der Waals surface area contributed by atoms with Crippen molar-refractivity contribution in [3.8, 4) is 0 Å². The summed E-state index contributed by atoms with van der Waals surface area (Å²) in [5.74, 6) is 0.762. The molecule has 1 N–H and O–H groups in total. The molecule has 0 bridgehead atoms. The van der Waals surface area contributed by atoms with Gasteiger partial charge in [0, 0.05) is 31.5 Å². The highest BCUT2D eigenvalue weighted by molar-refractivity contribution is 5.97. The van der Waals surface area contributed by atoms with E-state index in [1.807, 2.05) is 0 Å². The quantitative estimate of drug-likeness (QED) is 0.532. The standard InChI is InChI=1S/C23H22FN5O3/c1-14-25-19-8-4-16(12-20(19)32-14)22(30)26-18-7-9-21-27-29(23(31)28(21)11-10-18)13-15-2-5-17(24)6-3-15/h2-6,8,12,18H,7,9-11,13H2,1H3,(H,26,30). The van der Waals surface area contributed by atoms with Gasteiger partial charge in [0.15, 0.2) is 11.5 Å². The molecule has 0 fully saturated rings. The topological polar surface area (TPSA) is 95.0 Å². The van der Waals surface area contributed by atoms with Gasteiger partial charge in [-0.25, -0.2) is 18.9 Å². The van der Waals surface area contributed by atoms with Crippen LogP contribution in [0.15, 0.2) is 51.7 Å². The summed E-state index contributed by atoms with van der Waals surface area (Å²) in [6.07, 6.45) is 1.89. The van der Waals surface area contributed by atoms with E-state index in [0.29, 0.717) is 55.2 Å². The van der Waals surface area contributed by atoms with Crippen molar-refractivity contribution >= 4 is 17.0 Å². The van der Waals surface area contributed by atoms with Gasteiger partial charge in [0.05, 0.1) is 6.54 Å². The number of rotatable bonds is 4. The molecule has 2 aromatic carbocycles. The summed E-state index contributed by atoms with van der Waals surface area (Å²) >= 11 is 0. The molecule has 3 heterocycles. The van der Waals surface area contributed by atoms with Crippen molar-refractivity contribution in [2.75, 3.05) is 0 Å². The number of aromatic nitrogens is 4. The number of fused-ring (bicyclic) bond motifs is 2. The van der Waals surface area contributed by atoms with Gasteiger partial charge in [-0.15, -0.1) is 0 Å². The first-order valence-electron chi connectivity index (χ1n) is 10.6. The molecule has 0 aliphatic carbocycles. The van der Waals surface area contributed by atoms with Crippen LogP contribution in [0, 0.1) is 12.7 Å². The van der Waals surface area contributed by atoms with Crippen LogP contribution in [0.1, 0.15) is 40.5 Å². The molecule has 1 atom stereocenters. The Hall–Kier alpha value is -3.75. The molecule has 1 aliphatic heterocycles.